The molecule has 0 saturated heterocycles. The van der Waals surface area contributed by atoms with Gasteiger partial charge in [0.1, 0.15) is 5.75 Å². The lowest BCUT2D eigenvalue weighted by Crippen LogP contribution is -2.26. The molecule has 1 heterocycles. The van der Waals surface area contributed by atoms with Gasteiger partial charge in [-0.1, -0.05) is 30.5 Å². The van der Waals surface area contributed by atoms with Crippen molar-refractivity contribution in [2.24, 2.45) is 10.8 Å². The Kier molecular flexibility index (Phi) is 5.14. The van der Waals surface area contributed by atoms with Gasteiger partial charge in [0.05, 0.1) is 24.2 Å². The number of hydrogen-bond acceptors (Lipinski definition) is 5. The van der Waals surface area contributed by atoms with Gasteiger partial charge in [-0.15, -0.1) is 0 Å². The summed E-state index contributed by atoms with van der Waals surface area (Å²) >= 11 is 1.70. The molecule has 2 N–H and O–H groups in total. The van der Waals surface area contributed by atoms with Crippen LogP contribution in [0.15, 0.2) is 87.5 Å². The summed E-state index contributed by atoms with van der Waals surface area (Å²) in [6, 6.07) is 16.3. The van der Waals surface area contributed by atoms with E-state index in [0.717, 1.165) is 39.1 Å². The number of hydrazone groups is 1. The van der Waals surface area contributed by atoms with Gasteiger partial charge in [0.25, 0.3) is 0 Å². The van der Waals surface area contributed by atoms with Crippen LogP contribution in [0.1, 0.15) is 12.5 Å². The van der Waals surface area contributed by atoms with Crippen LogP contribution in [-0.2, 0) is 0 Å². The number of nitrogens with zero attached hydrogens (tertiary/aromatic N) is 2. The van der Waals surface area contributed by atoms with Gasteiger partial charge in [-0.3, -0.25) is 5.01 Å². The first-order valence-electron chi connectivity index (χ1n) is 8.05. The minimum Gasteiger partial charge on any atom is -0.497 e. The van der Waals surface area contributed by atoms with Crippen molar-refractivity contribution in [1.29, 1.82) is 0 Å². The minimum atomic E-state index is 0.653. The fourth-order valence-corrected chi connectivity index (χ4v) is 3.38. The molecule has 128 valence electrons. The van der Waals surface area contributed by atoms with Crippen LogP contribution in [0.3, 0.4) is 0 Å². The monoisotopic (exact) mass is 351 g/mol. The summed E-state index contributed by atoms with van der Waals surface area (Å²) in [5.74, 6) is 0.857. The number of rotatable bonds is 5. The van der Waals surface area contributed by atoms with Crippen LogP contribution in [0.4, 0.5) is 0 Å². The first kappa shape index (κ1) is 17.2. The van der Waals surface area contributed by atoms with Crippen molar-refractivity contribution in [1.82, 2.24) is 5.01 Å². The van der Waals surface area contributed by atoms with Crippen LogP contribution in [-0.4, -0.2) is 24.4 Å². The molecule has 0 spiro atoms. The Morgan fingerprint density at radius 1 is 1.16 bits per heavy atom. The number of ether oxygens (including phenoxy) is 1. The van der Waals surface area contributed by atoms with Gasteiger partial charge in [0.15, 0.2) is 0 Å². The van der Waals surface area contributed by atoms with Crippen LogP contribution >= 0.6 is 11.8 Å². The molecule has 0 fully saturated rings. The molecule has 0 saturated carbocycles. The van der Waals surface area contributed by atoms with Crippen molar-refractivity contribution in [2.45, 2.75) is 16.7 Å². The minimum absolute atomic E-state index is 0.653. The second-order valence-corrected chi connectivity index (χ2v) is 6.70. The van der Waals surface area contributed by atoms with E-state index in [4.69, 9.17) is 10.5 Å². The third-order valence-electron chi connectivity index (χ3n) is 3.89. The van der Waals surface area contributed by atoms with E-state index in [1.807, 2.05) is 42.3 Å². The quantitative estimate of drug-likeness (QED) is 0.875. The maximum atomic E-state index is 6.08. The molecule has 4 nitrogen and oxygen atoms in total. The molecule has 25 heavy (non-hydrogen) atoms. The largest absolute Gasteiger partial charge is 0.497 e. The number of hydrogen-bond donors (Lipinski definition) is 1. The summed E-state index contributed by atoms with van der Waals surface area (Å²) < 4.78 is 5.20. The van der Waals surface area contributed by atoms with Crippen molar-refractivity contribution in [3.05, 3.63) is 78.1 Å². The Morgan fingerprint density at radius 2 is 1.92 bits per heavy atom. The number of benzene rings is 2. The Morgan fingerprint density at radius 3 is 2.60 bits per heavy atom. The maximum Gasteiger partial charge on any atom is 0.118 e. The Balaban J connectivity index is 1.85. The normalized spacial score (nSPS) is 14.2. The van der Waals surface area contributed by atoms with Gasteiger partial charge in [0, 0.05) is 21.9 Å². The third-order valence-corrected chi connectivity index (χ3v) is 4.89. The van der Waals surface area contributed by atoms with Crippen molar-refractivity contribution < 1.29 is 4.74 Å². The zero-order valence-corrected chi connectivity index (χ0v) is 15.2. The third kappa shape index (κ3) is 3.88. The molecule has 1 aliphatic rings. The topological polar surface area (TPSA) is 50.9 Å². The fourth-order valence-electron chi connectivity index (χ4n) is 2.50. The molecule has 0 aromatic heterocycles. The zero-order chi connectivity index (χ0) is 17.8. The molecular formula is C20H21N3OS. The van der Waals surface area contributed by atoms with Crippen LogP contribution in [0.25, 0.3) is 0 Å². The Hall–Kier alpha value is -2.66. The highest BCUT2D eigenvalue weighted by Crippen LogP contribution is 2.30. The molecule has 0 bridgehead atoms. The SMILES string of the molecule is C=C1C(N)=CC(c2cccc(Sc3ccc(OC)cc3)c2)=NN1CC. The Labute approximate surface area is 152 Å². The molecule has 1 aliphatic heterocycles. The number of allylic oxidation sites excluding steroid dienone is 1. The lowest BCUT2D eigenvalue weighted by molar-refractivity contribution is 0.389. The molecule has 0 radical (unpaired) electrons. The lowest BCUT2D eigenvalue weighted by Gasteiger charge is -2.25. The maximum absolute atomic E-state index is 6.08. The number of nitrogens with two attached hydrogens (primary N) is 1. The predicted octanol–water partition coefficient (Wildman–Crippen LogP) is 4.24. The lowest BCUT2D eigenvalue weighted by atomic mass is 10.1. The molecule has 5 heteroatoms. The van der Waals surface area contributed by atoms with Gasteiger partial charge in [-0.25, -0.2) is 0 Å². The van der Waals surface area contributed by atoms with E-state index in [0.29, 0.717) is 5.70 Å². The summed E-state index contributed by atoms with van der Waals surface area (Å²) in [5, 5.41) is 6.47. The van der Waals surface area contributed by atoms with Gasteiger partial charge in [0.2, 0.25) is 0 Å². The highest BCUT2D eigenvalue weighted by molar-refractivity contribution is 7.99. The average molecular weight is 351 g/mol. The summed E-state index contributed by atoms with van der Waals surface area (Å²) in [4.78, 5) is 2.30. The second-order valence-electron chi connectivity index (χ2n) is 5.55. The fraction of sp³-hybridized carbons (Fsp3) is 0.150. The Bertz CT molecular complexity index is 840. The number of methoxy groups -OCH3 is 1. The van der Waals surface area contributed by atoms with Crippen LogP contribution in [0, 0.1) is 0 Å². The molecule has 0 unspecified atom stereocenters. The summed E-state index contributed by atoms with van der Waals surface area (Å²) in [5.41, 5.74) is 9.37. The van der Waals surface area contributed by atoms with Crippen molar-refractivity contribution in [3.63, 3.8) is 0 Å². The molecule has 0 atom stereocenters. The first-order valence-corrected chi connectivity index (χ1v) is 8.87. The number of likely N-dealkylation sites (N-methyl/N-ethyl adjacent to an activating group) is 1. The van der Waals surface area contributed by atoms with E-state index in [2.05, 4.69) is 35.9 Å². The highest BCUT2D eigenvalue weighted by Gasteiger charge is 2.16. The van der Waals surface area contributed by atoms with Crippen LogP contribution in [0.2, 0.25) is 0 Å². The molecule has 0 amide bonds. The van der Waals surface area contributed by atoms with Crippen LogP contribution < -0.4 is 10.5 Å². The van der Waals surface area contributed by atoms with Gasteiger partial charge in [-0.2, -0.15) is 5.10 Å². The standard InChI is InChI=1S/C20H21N3OS/c1-4-23-14(2)19(21)13-20(22-23)15-6-5-7-18(12-15)25-17-10-8-16(24-3)9-11-17/h5-13H,2,4,21H2,1,3H3. The van der Waals surface area contributed by atoms with Crippen molar-refractivity contribution in [3.8, 4) is 5.75 Å². The summed E-state index contributed by atoms with van der Waals surface area (Å²) in [6.45, 7) is 6.74. The first-order chi connectivity index (χ1) is 12.1. The average Bonchev–Trinajstić information content (AvgIpc) is 2.64. The van der Waals surface area contributed by atoms with E-state index < -0.39 is 0 Å². The van der Waals surface area contributed by atoms with E-state index in [1.54, 1.807) is 18.9 Å². The zero-order valence-electron chi connectivity index (χ0n) is 14.4. The molecule has 0 aliphatic carbocycles. The molecule has 3 rings (SSSR count). The van der Waals surface area contributed by atoms with Crippen molar-refractivity contribution >= 4 is 17.5 Å². The van der Waals surface area contributed by atoms with E-state index in [9.17, 15) is 0 Å². The van der Waals surface area contributed by atoms with E-state index in [-0.39, 0.29) is 0 Å². The predicted molar refractivity (Wildman–Crippen MR) is 104 cm³/mol. The van der Waals surface area contributed by atoms with Crippen molar-refractivity contribution in [2.75, 3.05) is 13.7 Å². The van der Waals surface area contributed by atoms with E-state index >= 15 is 0 Å². The summed E-state index contributed by atoms with van der Waals surface area (Å²) in [7, 11) is 1.67. The second kappa shape index (κ2) is 7.49. The van der Waals surface area contributed by atoms with E-state index in [1.165, 1.54) is 0 Å². The van der Waals surface area contributed by atoms with Gasteiger partial charge in [-0.05, 0) is 49.4 Å². The smallest absolute Gasteiger partial charge is 0.118 e. The summed E-state index contributed by atoms with van der Waals surface area (Å²) in [6.07, 6.45) is 1.88. The highest BCUT2D eigenvalue weighted by atomic mass is 32.2. The molecule has 2 aromatic rings. The molecule has 2 aromatic carbocycles. The van der Waals surface area contributed by atoms with Gasteiger partial charge < -0.3 is 10.5 Å². The van der Waals surface area contributed by atoms with Crippen LogP contribution in [0.5, 0.6) is 5.75 Å². The molecular weight excluding hydrogens is 330 g/mol. The van der Waals surface area contributed by atoms with Gasteiger partial charge >= 0.3 is 0 Å².